The molecule has 0 saturated carbocycles. The van der Waals surface area contributed by atoms with Crippen LogP contribution in [0, 0.1) is 5.92 Å². The second-order valence-corrected chi connectivity index (χ2v) is 8.25. The maximum absolute atomic E-state index is 12.8. The summed E-state index contributed by atoms with van der Waals surface area (Å²) in [5.74, 6) is -0.0637. The molecule has 1 atom stereocenters. The van der Waals surface area contributed by atoms with Crippen LogP contribution in [0.5, 0.6) is 0 Å². The number of carbonyl (C=O) groups is 2. The van der Waals surface area contributed by atoms with Crippen LogP contribution in [0.2, 0.25) is 5.02 Å². The number of para-hydroxylation sites is 1. The number of hydrogen-bond donors (Lipinski definition) is 2. The van der Waals surface area contributed by atoms with E-state index in [1.165, 1.54) is 5.39 Å². The number of halogens is 1. The van der Waals surface area contributed by atoms with Gasteiger partial charge in [-0.3, -0.25) is 9.59 Å². The van der Waals surface area contributed by atoms with Gasteiger partial charge in [-0.15, -0.1) is 0 Å². The van der Waals surface area contributed by atoms with E-state index < -0.39 is 0 Å². The summed E-state index contributed by atoms with van der Waals surface area (Å²) in [5.41, 5.74) is 3.15. The summed E-state index contributed by atoms with van der Waals surface area (Å²) in [7, 11) is 0. The van der Waals surface area contributed by atoms with Gasteiger partial charge >= 0.3 is 0 Å². The number of piperidine rings is 1. The van der Waals surface area contributed by atoms with Gasteiger partial charge in [0.1, 0.15) is 0 Å². The number of aryl methyl sites for hydroxylation is 1. The van der Waals surface area contributed by atoms with Crippen molar-refractivity contribution in [3.05, 3.63) is 70.9 Å². The molecule has 2 aromatic carbocycles. The minimum absolute atomic E-state index is 0.0101. The lowest BCUT2D eigenvalue weighted by Gasteiger charge is -2.32. The topological polar surface area (TPSA) is 65.2 Å². The van der Waals surface area contributed by atoms with Crippen molar-refractivity contribution < 1.29 is 9.59 Å². The highest BCUT2D eigenvalue weighted by atomic mass is 35.5. The Morgan fingerprint density at radius 1 is 1.10 bits per heavy atom. The van der Waals surface area contributed by atoms with E-state index in [1.54, 1.807) is 0 Å². The minimum Gasteiger partial charge on any atom is -0.361 e. The lowest BCUT2D eigenvalue weighted by atomic mass is 9.96. The van der Waals surface area contributed by atoms with Gasteiger partial charge in [0.25, 0.3) is 0 Å². The molecular formula is C24H26ClN3O2. The molecular weight excluding hydrogens is 398 g/mol. The van der Waals surface area contributed by atoms with Gasteiger partial charge in [-0.05, 0) is 42.5 Å². The molecule has 0 bridgehead atoms. The first-order chi connectivity index (χ1) is 14.6. The summed E-state index contributed by atoms with van der Waals surface area (Å²) in [6.45, 7) is 1.62. The molecule has 0 aliphatic carbocycles. The number of rotatable bonds is 6. The Labute approximate surface area is 181 Å². The first-order valence-corrected chi connectivity index (χ1v) is 10.8. The van der Waals surface area contributed by atoms with Crippen molar-refractivity contribution in [1.29, 1.82) is 0 Å². The molecule has 2 heterocycles. The molecule has 2 N–H and O–H groups in total. The molecule has 6 heteroatoms. The SMILES string of the molecule is O=C(NCc1ccccc1Cl)[C@@H]1CCCN(C(=O)CCc2c[nH]c3ccccc23)C1. The van der Waals surface area contributed by atoms with Crippen LogP contribution in [-0.4, -0.2) is 34.8 Å². The molecule has 2 amide bonds. The van der Waals surface area contributed by atoms with E-state index in [-0.39, 0.29) is 17.7 Å². The van der Waals surface area contributed by atoms with Gasteiger partial charge in [0.2, 0.25) is 11.8 Å². The third kappa shape index (κ3) is 4.68. The van der Waals surface area contributed by atoms with Gasteiger partial charge in [-0.2, -0.15) is 0 Å². The van der Waals surface area contributed by atoms with Gasteiger partial charge in [-0.1, -0.05) is 48.0 Å². The number of aromatic nitrogens is 1. The number of fused-ring (bicyclic) bond motifs is 1. The molecule has 5 nitrogen and oxygen atoms in total. The first-order valence-electron chi connectivity index (χ1n) is 10.5. The van der Waals surface area contributed by atoms with Crippen molar-refractivity contribution in [2.24, 2.45) is 5.92 Å². The van der Waals surface area contributed by atoms with Crippen molar-refractivity contribution >= 4 is 34.3 Å². The average molecular weight is 424 g/mol. The second-order valence-electron chi connectivity index (χ2n) is 7.85. The number of aromatic amines is 1. The fraction of sp³-hybridized carbons (Fsp3) is 0.333. The first kappa shape index (κ1) is 20.5. The normalized spacial score (nSPS) is 16.6. The highest BCUT2D eigenvalue weighted by Gasteiger charge is 2.28. The van der Waals surface area contributed by atoms with Crippen LogP contribution in [0.4, 0.5) is 0 Å². The lowest BCUT2D eigenvalue weighted by molar-refractivity contribution is -0.135. The summed E-state index contributed by atoms with van der Waals surface area (Å²) >= 11 is 6.17. The zero-order valence-electron chi connectivity index (χ0n) is 16.9. The fourth-order valence-electron chi connectivity index (χ4n) is 4.12. The number of H-pyrrole nitrogens is 1. The summed E-state index contributed by atoms with van der Waals surface area (Å²) in [4.78, 5) is 30.5. The highest BCUT2D eigenvalue weighted by molar-refractivity contribution is 6.31. The fourth-order valence-corrected chi connectivity index (χ4v) is 4.33. The molecule has 1 aliphatic heterocycles. The van der Waals surface area contributed by atoms with Crippen LogP contribution in [0.25, 0.3) is 10.9 Å². The van der Waals surface area contributed by atoms with Gasteiger partial charge in [0.15, 0.2) is 0 Å². The Morgan fingerprint density at radius 3 is 2.77 bits per heavy atom. The van der Waals surface area contributed by atoms with Crippen LogP contribution in [0.1, 0.15) is 30.4 Å². The number of carbonyl (C=O) groups excluding carboxylic acids is 2. The highest BCUT2D eigenvalue weighted by Crippen LogP contribution is 2.22. The van der Waals surface area contributed by atoms with E-state index >= 15 is 0 Å². The van der Waals surface area contributed by atoms with Crippen LogP contribution >= 0.6 is 11.6 Å². The van der Waals surface area contributed by atoms with E-state index in [4.69, 9.17) is 11.6 Å². The maximum atomic E-state index is 12.8. The average Bonchev–Trinajstić information content (AvgIpc) is 3.20. The van der Waals surface area contributed by atoms with Gasteiger partial charge in [-0.25, -0.2) is 0 Å². The van der Waals surface area contributed by atoms with Crippen LogP contribution < -0.4 is 5.32 Å². The number of amides is 2. The zero-order valence-corrected chi connectivity index (χ0v) is 17.6. The molecule has 156 valence electrons. The maximum Gasteiger partial charge on any atom is 0.225 e. The van der Waals surface area contributed by atoms with Crippen LogP contribution in [0.3, 0.4) is 0 Å². The molecule has 0 unspecified atom stereocenters. The number of nitrogens with one attached hydrogen (secondary N) is 2. The molecule has 0 spiro atoms. The Balaban J connectivity index is 1.30. The molecule has 30 heavy (non-hydrogen) atoms. The molecule has 3 aromatic rings. The Hall–Kier alpha value is -2.79. The molecule has 1 fully saturated rings. The number of benzene rings is 2. The zero-order chi connectivity index (χ0) is 20.9. The summed E-state index contributed by atoms with van der Waals surface area (Å²) < 4.78 is 0. The Morgan fingerprint density at radius 2 is 1.90 bits per heavy atom. The lowest BCUT2D eigenvalue weighted by Crippen LogP contribution is -2.45. The van der Waals surface area contributed by atoms with E-state index in [0.29, 0.717) is 31.0 Å². The van der Waals surface area contributed by atoms with E-state index in [9.17, 15) is 9.59 Å². The molecule has 4 rings (SSSR count). The van der Waals surface area contributed by atoms with Crippen molar-refractivity contribution in [3.8, 4) is 0 Å². The van der Waals surface area contributed by atoms with Crippen LogP contribution in [-0.2, 0) is 22.6 Å². The van der Waals surface area contributed by atoms with Gasteiger partial charge in [0.05, 0.1) is 5.92 Å². The summed E-state index contributed by atoms with van der Waals surface area (Å²) in [6, 6.07) is 15.6. The number of likely N-dealkylation sites (tertiary alicyclic amines) is 1. The van der Waals surface area contributed by atoms with E-state index in [2.05, 4.69) is 16.4 Å². The quantitative estimate of drug-likeness (QED) is 0.620. The molecule has 1 aliphatic rings. The largest absolute Gasteiger partial charge is 0.361 e. The third-order valence-electron chi connectivity index (χ3n) is 5.84. The Bertz CT molecular complexity index is 1050. The third-order valence-corrected chi connectivity index (χ3v) is 6.21. The predicted octanol–water partition coefficient (Wildman–Crippen LogP) is 4.31. The van der Waals surface area contributed by atoms with Crippen LogP contribution in [0.15, 0.2) is 54.7 Å². The van der Waals surface area contributed by atoms with Crippen molar-refractivity contribution in [3.63, 3.8) is 0 Å². The summed E-state index contributed by atoms with van der Waals surface area (Å²) in [6.07, 6.45) is 4.79. The monoisotopic (exact) mass is 423 g/mol. The smallest absolute Gasteiger partial charge is 0.225 e. The van der Waals surface area contributed by atoms with E-state index in [0.717, 1.165) is 36.0 Å². The van der Waals surface area contributed by atoms with Gasteiger partial charge < -0.3 is 15.2 Å². The molecule has 0 radical (unpaired) electrons. The van der Waals surface area contributed by atoms with E-state index in [1.807, 2.05) is 53.6 Å². The number of nitrogens with zero attached hydrogens (tertiary/aromatic N) is 1. The van der Waals surface area contributed by atoms with Crippen molar-refractivity contribution in [2.45, 2.75) is 32.2 Å². The van der Waals surface area contributed by atoms with Crippen molar-refractivity contribution in [2.75, 3.05) is 13.1 Å². The van der Waals surface area contributed by atoms with Crippen molar-refractivity contribution in [1.82, 2.24) is 15.2 Å². The Kier molecular flexibility index (Phi) is 6.38. The predicted molar refractivity (Wildman–Crippen MR) is 119 cm³/mol. The standard InChI is InChI=1S/C24H26ClN3O2/c25-21-9-3-1-6-18(21)15-27-24(30)19-7-5-13-28(16-19)23(29)12-11-17-14-26-22-10-4-2-8-20(17)22/h1-4,6,8-10,14,19,26H,5,7,11-13,15-16H2,(H,27,30)/t19-/m1/s1. The molecule has 1 aromatic heterocycles. The minimum atomic E-state index is -0.168. The molecule has 1 saturated heterocycles. The summed E-state index contributed by atoms with van der Waals surface area (Å²) in [5, 5.41) is 4.79. The second kappa shape index (κ2) is 9.35. The van der Waals surface area contributed by atoms with Gasteiger partial charge in [0, 0.05) is 48.2 Å². The number of hydrogen-bond acceptors (Lipinski definition) is 2.